The highest BCUT2D eigenvalue weighted by Gasteiger charge is 2.15. The van der Waals surface area contributed by atoms with Crippen molar-refractivity contribution in [2.75, 3.05) is 19.0 Å². The van der Waals surface area contributed by atoms with Crippen LogP contribution in [0.3, 0.4) is 0 Å². The molecule has 0 atom stereocenters. The normalized spacial score (nSPS) is 9.62. The molecule has 0 spiro atoms. The molecular formula is C14H13N3O3S. The first kappa shape index (κ1) is 14.8. The molecule has 0 radical (unpaired) electrons. The maximum Gasteiger partial charge on any atom is 0.261 e. The molecule has 1 aromatic carbocycles. The molecule has 4 N–H and O–H groups in total. The zero-order valence-electron chi connectivity index (χ0n) is 11.2. The first-order valence-electron chi connectivity index (χ1n) is 5.97. The quantitative estimate of drug-likeness (QED) is 0.745. The fourth-order valence-electron chi connectivity index (χ4n) is 1.56. The summed E-state index contributed by atoms with van der Waals surface area (Å²) >= 11 is 1.23. The number of nitrogens with two attached hydrogens (primary N) is 1. The number of carbonyl (C=O) groups excluding carboxylic acids is 1. The van der Waals surface area contributed by atoms with E-state index in [1.54, 1.807) is 18.3 Å². The number of benzene rings is 1. The van der Waals surface area contributed by atoms with Crippen LogP contribution < -0.4 is 15.8 Å². The molecule has 7 heteroatoms. The van der Waals surface area contributed by atoms with Crippen molar-refractivity contribution in [1.29, 1.82) is 0 Å². The smallest absolute Gasteiger partial charge is 0.261 e. The third-order valence-electron chi connectivity index (χ3n) is 2.50. The lowest BCUT2D eigenvalue weighted by Gasteiger charge is -2.07. The lowest BCUT2D eigenvalue weighted by Crippen LogP contribution is -2.12. The van der Waals surface area contributed by atoms with Gasteiger partial charge in [-0.15, -0.1) is 0 Å². The van der Waals surface area contributed by atoms with Crippen LogP contribution in [0.5, 0.6) is 11.5 Å². The number of hydrogen-bond acceptors (Lipinski definition) is 6. The Hall–Kier alpha value is -2.56. The Morgan fingerprint density at radius 3 is 3.10 bits per heavy atom. The number of methoxy groups -OCH3 is 1. The minimum Gasteiger partial charge on any atom is -0.504 e. The van der Waals surface area contributed by atoms with Crippen molar-refractivity contribution < 1.29 is 14.6 Å². The summed E-state index contributed by atoms with van der Waals surface area (Å²) in [6, 6.07) is 4.68. The molecule has 0 aliphatic carbocycles. The predicted molar refractivity (Wildman–Crippen MR) is 80.7 cm³/mol. The predicted octanol–water partition coefficient (Wildman–Crippen LogP) is 1.42. The summed E-state index contributed by atoms with van der Waals surface area (Å²) in [6.45, 7) is 0.261. The van der Waals surface area contributed by atoms with Crippen LogP contribution in [0.1, 0.15) is 15.2 Å². The second-order valence-electron chi connectivity index (χ2n) is 3.85. The van der Waals surface area contributed by atoms with Crippen LogP contribution in [0, 0.1) is 11.8 Å². The molecule has 0 aliphatic heterocycles. The summed E-state index contributed by atoms with van der Waals surface area (Å²) < 4.78 is 4.96. The van der Waals surface area contributed by atoms with Crippen molar-refractivity contribution in [2.45, 2.75) is 0 Å². The van der Waals surface area contributed by atoms with E-state index in [-0.39, 0.29) is 23.6 Å². The van der Waals surface area contributed by atoms with Gasteiger partial charge in [-0.05, 0) is 12.1 Å². The van der Waals surface area contributed by atoms with Gasteiger partial charge < -0.3 is 15.6 Å². The largest absolute Gasteiger partial charge is 0.504 e. The number of nitrogens with one attached hydrogen (secondary N) is 1. The highest BCUT2D eigenvalue weighted by molar-refractivity contribution is 7.16. The van der Waals surface area contributed by atoms with Crippen LogP contribution >= 0.6 is 11.3 Å². The number of aromatic nitrogens is 1. The zero-order valence-corrected chi connectivity index (χ0v) is 12.0. The number of anilines is 1. The second kappa shape index (κ2) is 6.74. The fourth-order valence-corrected chi connectivity index (χ4v) is 2.25. The van der Waals surface area contributed by atoms with Crippen LogP contribution in [0.2, 0.25) is 0 Å². The average Bonchev–Trinajstić information content (AvgIpc) is 2.92. The first-order chi connectivity index (χ1) is 10.2. The molecule has 21 heavy (non-hydrogen) atoms. The third-order valence-corrected chi connectivity index (χ3v) is 3.33. The lowest BCUT2D eigenvalue weighted by molar-refractivity contribution is 0.102. The maximum atomic E-state index is 12.1. The Kier molecular flexibility index (Phi) is 4.77. The van der Waals surface area contributed by atoms with Gasteiger partial charge in [0.25, 0.3) is 5.91 Å². The molecule has 2 aromatic rings. The van der Waals surface area contributed by atoms with Gasteiger partial charge >= 0.3 is 0 Å². The number of aromatic hydroxyl groups is 1. The summed E-state index contributed by atoms with van der Waals surface area (Å²) in [5.41, 5.74) is 5.40. The highest BCUT2D eigenvalue weighted by atomic mass is 32.1. The average molecular weight is 303 g/mol. The Labute approximate surface area is 125 Å². The summed E-state index contributed by atoms with van der Waals surface area (Å²) in [5.74, 6) is 5.08. The molecule has 0 fully saturated rings. The molecule has 0 unspecified atom stereocenters. The zero-order chi connectivity index (χ0) is 15.2. The van der Waals surface area contributed by atoms with E-state index in [9.17, 15) is 9.90 Å². The first-order valence-corrected chi connectivity index (χ1v) is 6.79. The summed E-state index contributed by atoms with van der Waals surface area (Å²) in [6.07, 6.45) is 1.55. The Balaban J connectivity index is 2.16. The molecular weight excluding hydrogens is 290 g/mol. The minimum atomic E-state index is -0.473. The molecule has 1 amide bonds. The Morgan fingerprint density at radius 2 is 2.38 bits per heavy atom. The number of phenolic OH excluding ortho intramolecular Hbond substituents is 1. The van der Waals surface area contributed by atoms with Gasteiger partial charge in [-0.25, -0.2) is 4.98 Å². The van der Waals surface area contributed by atoms with Crippen molar-refractivity contribution in [3.05, 3.63) is 34.8 Å². The second-order valence-corrected chi connectivity index (χ2v) is 4.88. The van der Waals surface area contributed by atoms with Crippen LogP contribution in [-0.2, 0) is 0 Å². The molecule has 1 aromatic heterocycles. The van der Waals surface area contributed by atoms with Crippen molar-refractivity contribution in [2.24, 2.45) is 5.73 Å². The van der Waals surface area contributed by atoms with Gasteiger partial charge in [-0.2, -0.15) is 0 Å². The molecule has 108 valence electrons. The van der Waals surface area contributed by atoms with Crippen LogP contribution in [0.4, 0.5) is 5.13 Å². The highest BCUT2D eigenvalue weighted by Crippen LogP contribution is 2.30. The van der Waals surface area contributed by atoms with Gasteiger partial charge in [-0.3, -0.25) is 10.1 Å². The lowest BCUT2D eigenvalue weighted by atomic mass is 10.2. The van der Waals surface area contributed by atoms with Gasteiger partial charge in [0.15, 0.2) is 16.6 Å². The molecule has 0 bridgehead atoms. The Morgan fingerprint density at radius 1 is 1.57 bits per heavy atom. The standard InChI is InChI=1S/C14H13N3O3S/c1-20-11-6-2-5-10(12(11)18)13(19)17-14-16-8-9(21-14)4-3-7-15/h2,5-6,8,18H,7,15H2,1H3,(H,16,17,19). The number of phenols is 1. The van der Waals surface area contributed by atoms with E-state index in [1.807, 2.05) is 0 Å². The van der Waals surface area contributed by atoms with E-state index in [1.165, 1.54) is 24.5 Å². The summed E-state index contributed by atoms with van der Waals surface area (Å²) in [4.78, 5) is 16.8. The van der Waals surface area contributed by atoms with Gasteiger partial charge in [0.05, 0.1) is 30.3 Å². The molecule has 2 rings (SSSR count). The van der Waals surface area contributed by atoms with E-state index in [4.69, 9.17) is 10.5 Å². The molecule has 0 saturated carbocycles. The van der Waals surface area contributed by atoms with Crippen LogP contribution in [0.15, 0.2) is 24.4 Å². The van der Waals surface area contributed by atoms with E-state index in [0.29, 0.717) is 10.0 Å². The number of thiazole rings is 1. The van der Waals surface area contributed by atoms with E-state index >= 15 is 0 Å². The van der Waals surface area contributed by atoms with Crippen molar-refractivity contribution in [3.63, 3.8) is 0 Å². The number of nitrogens with zero attached hydrogens (tertiary/aromatic N) is 1. The van der Waals surface area contributed by atoms with Gasteiger partial charge in [0, 0.05) is 0 Å². The number of carbonyl (C=O) groups is 1. The van der Waals surface area contributed by atoms with Gasteiger partial charge in [0.2, 0.25) is 0 Å². The van der Waals surface area contributed by atoms with Gasteiger partial charge in [0.1, 0.15) is 0 Å². The number of para-hydroxylation sites is 1. The van der Waals surface area contributed by atoms with Crippen LogP contribution in [-0.4, -0.2) is 29.7 Å². The Bertz CT molecular complexity index is 716. The fraction of sp³-hybridized carbons (Fsp3) is 0.143. The maximum absolute atomic E-state index is 12.1. The van der Waals surface area contributed by atoms with Crippen LogP contribution in [0.25, 0.3) is 0 Å². The monoisotopic (exact) mass is 303 g/mol. The number of ether oxygens (including phenoxy) is 1. The summed E-state index contributed by atoms with van der Waals surface area (Å²) in [5, 5.41) is 12.9. The topological polar surface area (TPSA) is 97.5 Å². The number of hydrogen-bond donors (Lipinski definition) is 3. The molecule has 1 heterocycles. The molecule has 0 aliphatic rings. The summed E-state index contributed by atoms with van der Waals surface area (Å²) in [7, 11) is 1.42. The number of amides is 1. The number of rotatable bonds is 3. The minimum absolute atomic E-state index is 0.110. The van der Waals surface area contributed by atoms with Crippen molar-refractivity contribution in [3.8, 4) is 23.3 Å². The molecule has 0 saturated heterocycles. The van der Waals surface area contributed by atoms with E-state index < -0.39 is 5.91 Å². The van der Waals surface area contributed by atoms with Crippen molar-refractivity contribution in [1.82, 2.24) is 4.98 Å². The SMILES string of the molecule is COc1cccc(C(=O)Nc2ncc(C#CCN)s2)c1O. The third kappa shape index (κ3) is 3.51. The van der Waals surface area contributed by atoms with E-state index in [0.717, 1.165) is 0 Å². The van der Waals surface area contributed by atoms with E-state index in [2.05, 4.69) is 22.1 Å². The van der Waals surface area contributed by atoms with Gasteiger partial charge in [-0.1, -0.05) is 29.2 Å². The molecule has 6 nitrogen and oxygen atoms in total. The van der Waals surface area contributed by atoms with Crippen molar-refractivity contribution >= 4 is 22.4 Å².